The molecule has 2 amide bonds. The molecule has 0 saturated carbocycles. The third-order valence-corrected chi connectivity index (χ3v) is 4.69. The number of nitrogens with one attached hydrogen (secondary N) is 2. The van der Waals surface area contributed by atoms with Crippen LogP contribution in [0, 0.1) is 0 Å². The lowest BCUT2D eigenvalue weighted by Gasteiger charge is -2.34. The Morgan fingerprint density at radius 3 is 2.68 bits per heavy atom. The number of methoxy groups -OCH3 is 2. The third-order valence-electron chi connectivity index (χ3n) is 4.69. The summed E-state index contributed by atoms with van der Waals surface area (Å²) >= 11 is 0. The zero-order valence-corrected chi connectivity index (χ0v) is 17.5. The van der Waals surface area contributed by atoms with E-state index in [1.54, 1.807) is 49.7 Å². The van der Waals surface area contributed by atoms with Gasteiger partial charge in [-0.05, 0) is 29.7 Å². The molecule has 1 aromatic heterocycles. The minimum Gasteiger partial charge on any atom is -0.493 e. The van der Waals surface area contributed by atoms with Gasteiger partial charge in [0.2, 0.25) is 5.91 Å². The van der Waals surface area contributed by atoms with Crippen molar-refractivity contribution in [1.29, 1.82) is 0 Å². The van der Waals surface area contributed by atoms with E-state index in [9.17, 15) is 9.59 Å². The van der Waals surface area contributed by atoms with Crippen LogP contribution in [-0.2, 0) is 25.5 Å². The zero-order valence-electron chi connectivity index (χ0n) is 17.5. The normalized spacial score (nSPS) is 17.6. The second-order valence-corrected chi connectivity index (χ2v) is 6.61. The van der Waals surface area contributed by atoms with E-state index in [0.29, 0.717) is 30.0 Å². The number of nitrogens with zero attached hydrogens (tertiary/aromatic N) is 2. The lowest BCUT2D eigenvalue weighted by Crippen LogP contribution is -2.52. The Bertz CT molecular complexity index is 872. The van der Waals surface area contributed by atoms with Gasteiger partial charge in [-0.15, -0.1) is 0 Å². The molecule has 31 heavy (non-hydrogen) atoms. The van der Waals surface area contributed by atoms with Crippen LogP contribution in [0.2, 0.25) is 0 Å². The van der Waals surface area contributed by atoms with Gasteiger partial charge < -0.3 is 29.5 Å². The number of benzene rings is 1. The molecule has 11 nitrogen and oxygen atoms in total. The number of amides is 2. The summed E-state index contributed by atoms with van der Waals surface area (Å²) in [7, 11) is 4.79. The third kappa shape index (κ3) is 6.19. The molecule has 168 valence electrons. The van der Waals surface area contributed by atoms with E-state index in [4.69, 9.17) is 24.1 Å². The molecule has 11 heteroatoms. The van der Waals surface area contributed by atoms with E-state index in [-0.39, 0.29) is 24.9 Å². The van der Waals surface area contributed by atoms with Gasteiger partial charge in [-0.3, -0.25) is 19.5 Å². The maximum Gasteiger partial charge on any atom is 0.290 e. The molecule has 1 aliphatic rings. The minimum absolute atomic E-state index is 0.157. The molecule has 3 rings (SSSR count). The zero-order chi connectivity index (χ0) is 22.8. The van der Waals surface area contributed by atoms with Crippen LogP contribution < -0.4 is 14.8 Å². The summed E-state index contributed by atoms with van der Waals surface area (Å²) in [6.45, 7) is 0.0978. The van der Waals surface area contributed by atoms with Crippen LogP contribution in [0.15, 0.2) is 30.6 Å². The van der Waals surface area contributed by atoms with Crippen LogP contribution in [0.3, 0.4) is 0 Å². The Morgan fingerprint density at radius 1 is 1.35 bits per heavy atom. The van der Waals surface area contributed by atoms with Crippen molar-refractivity contribution in [2.75, 3.05) is 34.4 Å². The second-order valence-electron chi connectivity index (χ2n) is 6.61. The van der Waals surface area contributed by atoms with Crippen LogP contribution in [-0.4, -0.2) is 79.0 Å². The Balaban J connectivity index is 0.00000107. The first kappa shape index (κ1) is 23.7. The number of ether oxygens (including phenoxy) is 3. The molecule has 0 unspecified atom stereocenters. The lowest BCUT2D eigenvalue weighted by atomic mass is 9.98. The summed E-state index contributed by atoms with van der Waals surface area (Å²) in [6.07, 6.45) is 3.35. The number of carbonyl (C=O) groups excluding carboxylic acids is 2. The molecule has 1 aliphatic heterocycles. The van der Waals surface area contributed by atoms with Crippen molar-refractivity contribution < 1.29 is 33.7 Å². The van der Waals surface area contributed by atoms with E-state index < -0.39 is 12.1 Å². The van der Waals surface area contributed by atoms with Gasteiger partial charge in [-0.25, -0.2) is 0 Å². The molecule has 3 N–H and O–H groups in total. The standard InChI is InChI=1S/C19H24N4O5.CH2O2/c1-23(7-6-12-9-20-21-10-12)19(25)18-17(22-16(24)11-28-18)13-4-5-14(26-2)15(8-13)27-3;2-1-3/h4-5,8-10,17-18H,6-7,11H2,1-3H3,(H,20,21)(H,22,24);1H,(H,2,3)/t17-,18+;/m1./s1. The summed E-state index contributed by atoms with van der Waals surface area (Å²) < 4.78 is 16.2. The number of H-pyrrole nitrogens is 1. The lowest BCUT2D eigenvalue weighted by molar-refractivity contribution is -0.154. The van der Waals surface area contributed by atoms with E-state index in [0.717, 1.165) is 5.56 Å². The molecule has 2 atom stereocenters. The average molecular weight is 434 g/mol. The summed E-state index contributed by atoms with van der Waals surface area (Å²) in [6, 6.07) is 4.64. The molecule has 0 bridgehead atoms. The van der Waals surface area contributed by atoms with Crippen molar-refractivity contribution in [2.24, 2.45) is 0 Å². The van der Waals surface area contributed by atoms with Gasteiger partial charge in [0.15, 0.2) is 17.6 Å². The molecule has 1 aromatic carbocycles. The number of aromatic nitrogens is 2. The number of likely N-dealkylation sites (N-methyl/N-ethyl adjacent to an activating group) is 1. The number of carboxylic acid groups (broad SMARTS) is 1. The second kappa shape index (κ2) is 11.6. The van der Waals surface area contributed by atoms with Crippen LogP contribution in [0.5, 0.6) is 11.5 Å². The maximum atomic E-state index is 13.0. The fraction of sp³-hybridized carbons (Fsp3) is 0.400. The number of hydrogen-bond donors (Lipinski definition) is 3. The monoisotopic (exact) mass is 434 g/mol. The highest BCUT2D eigenvalue weighted by Gasteiger charge is 2.37. The smallest absolute Gasteiger partial charge is 0.290 e. The van der Waals surface area contributed by atoms with Crippen LogP contribution in [0.4, 0.5) is 0 Å². The van der Waals surface area contributed by atoms with Crippen molar-refractivity contribution in [2.45, 2.75) is 18.6 Å². The van der Waals surface area contributed by atoms with Crippen LogP contribution >= 0.6 is 0 Å². The van der Waals surface area contributed by atoms with Gasteiger partial charge in [0.25, 0.3) is 12.4 Å². The highest BCUT2D eigenvalue weighted by molar-refractivity contribution is 5.86. The molecule has 0 radical (unpaired) electrons. The maximum absolute atomic E-state index is 13.0. The van der Waals surface area contributed by atoms with Crippen molar-refractivity contribution in [3.63, 3.8) is 0 Å². The van der Waals surface area contributed by atoms with E-state index >= 15 is 0 Å². The SMILES string of the molecule is COc1ccc([C@H]2NC(=O)CO[C@@H]2C(=O)N(C)CCc2cn[nH]c2)cc1OC.O=CO. The van der Waals surface area contributed by atoms with E-state index in [2.05, 4.69) is 15.5 Å². The molecule has 1 saturated heterocycles. The van der Waals surface area contributed by atoms with Crippen LogP contribution in [0.25, 0.3) is 0 Å². The Hall–Kier alpha value is -3.60. The number of hydrogen-bond acceptors (Lipinski definition) is 7. The number of rotatable bonds is 7. The van der Waals surface area contributed by atoms with Crippen molar-refractivity contribution >= 4 is 18.3 Å². The van der Waals surface area contributed by atoms with Gasteiger partial charge >= 0.3 is 0 Å². The number of carbonyl (C=O) groups is 3. The first-order valence-corrected chi connectivity index (χ1v) is 9.38. The Kier molecular flexibility index (Phi) is 8.82. The number of morpholine rings is 1. The first-order valence-electron chi connectivity index (χ1n) is 9.38. The van der Waals surface area contributed by atoms with Crippen molar-refractivity contribution in [3.8, 4) is 11.5 Å². The highest BCUT2D eigenvalue weighted by atomic mass is 16.5. The van der Waals surface area contributed by atoms with E-state index in [1.807, 2.05) is 0 Å². The summed E-state index contributed by atoms with van der Waals surface area (Å²) in [4.78, 5) is 34.9. The Morgan fingerprint density at radius 2 is 2.06 bits per heavy atom. The van der Waals surface area contributed by atoms with Gasteiger partial charge in [0.1, 0.15) is 6.61 Å². The molecular weight excluding hydrogens is 408 g/mol. The first-order chi connectivity index (χ1) is 14.9. The average Bonchev–Trinajstić information content (AvgIpc) is 3.30. The molecule has 0 spiro atoms. The Labute approximate surface area is 179 Å². The predicted molar refractivity (Wildman–Crippen MR) is 109 cm³/mol. The molecule has 2 aromatic rings. The molecule has 1 fully saturated rings. The van der Waals surface area contributed by atoms with Gasteiger partial charge in [-0.1, -0.05) is 6.07 Å². The molecule has 2 heterocycles. The minimum atomic E-state index is -0.829. The molecule has 0 aliphatic carbocycles. The fourth-order valence-corrected chi connectivity index (χ4v) is 3.11. The van der Waals surface area contributed by atoms with Gasteiger partial charge in [0, 0.05) is 19.8 Å². The van der Waals surface area contributed by atoms with Crippen LogP contribution in [0.1, 0.15) is 17.2 Å². The number of aromatic amines is 1. The van der Waals surface area contributed by atoms with E-state index in [1.165, 1.54) is 7.11 Å². The van der Waals surface area contributed by atoms with Gasteiger partial charge in [0.05, 0.1) is 26.5 Å². The highest BCUT2D eigenvalue weighted by Crippen LogP contribution is 2.32. The predicted octanol–water partition coefficient (Wildman–Crippen LogP) is 0.385. The van der Waals surface area contributed by atoms with Crippen molar-refractivity contribution in [1.82, 2.24) is 20.4 Å². The quantitative estimate of drug-likeness (QED) is 0.531. The van der Waals surface area contributed by atoms with Gasteiger partial charge in [-0.2, -0.15) is 5.10 Å². The fourth-order valence-electron chi connectivity index (χ4n) is 3.11. The summed E-state index contributed by atoms with van der Waals surface area (Å²) in [5.41, 5.74) is 1.71. The molecular formula is C20H26N4O7. The van der Waals surface area contributed by atoms with Crippen molar-refractivity contribution in [3.05, 3.63) is 41.7 Å². The summed E-state index contributed by atoms with van der Waals surface area (Å²) in [5.74, 6) is 0.599. The largest absolute Gasteiger partial charge is 0.493 e. The topological polar surface area (TPSA) is 143 Å². The summed E-state index contributed by atoms with van der Waals surface area (Å²) in [5, 5.41) is 16.4.